The van der Waals surface area contributed by atoms with Crippen molar-refractivity contribution in [1.29, 1.82) is 0 Å². The van der Waals surface area contributed by atoms with Gasteiger partial charge in [-0.1, -0.05) is 0 Å². The van der Waals surface area contributed by atoms with Gasteiger partial charge in [0.15, 0.2) is 12.6 Å². The molecule has 0 radical (unpaired) electrons. The molecule has 10 atom stereocenters. The van der Waals surface area contributed by atoms with Gasteiger partial charge in [-0.2, -0.15) is 0 Å². The Morgan fingerprint density at radius 3 is 1.29 bits per heavy atom. The zero-order valence-corrected chi connectivity index (χ0v) is 19.7. The van der Waals surface area contributed by atoms with Crippen LogP contribution in [0.15, 0.2) is 0 Å². The summed E-state index contributed by atoms with van der Waals surface area (Å²) in [5.41, 5.74) is 0. The van der Waals surface area contributed by atoms with Gasteiger partial charge in [-0.3, -0.25) is 0 Å². The van der Waals surface area contributed by atoms with Gasteiger partial charge >= 0.3 is 0 Å². The molecule has 0 N–H and O–H groups in total. The summed E-state index contributed by atoms with van der Waals surface area (Å²) in [6, 6.07) is 0. The Morgan fingerprint density at radius 2 is 0.871 bits per heavy atom. The molecule has 0 bridgehead atoms. The highest BCUT2D eigenvalue weighted by Gasteiger charge is 2.50. The predicted octanol–water partition coefficient (Wildman–Crippen LogP) is -0.164. The summed E-state index contributed by atoms with van der Waals surface area (Å²) in [6.07, 6.45) is -4.97. The first-order chi connectivity index (χ1) is 15.0. The Bertz CT molecular complexity index is 496. The zero-order valence-electron chi connectivity index (χ0n) is 19.7. The molecule has 2 heterocycles. The molecule has 2 fully saturated rings. The first kappa shape index (κ1) is 26.8. The minimum atomic E-state index is -0.746. The molecule has 0 aromatic rings. The highest BCUT2D eigenvalue weighted by atomic mass is 16.7. The monoisotopic (exact) mass is 454 g/mol. The second-order valence-electron chi connectivity index (χ2n) is 7.31. The maximum absolute atomic E-state index is 6.12. The fourth-order valence-electron chi connectivity index (χ4n) is 4.31. The molecule has 11 heteroatoms. The molecule has 0 spiro atoms. The van der Waals surface area contributed by atoms with E-state index in [-0.39, 0.29) is 12.7 Å². The molecule has 2 aliphatic rings. The summed E-state index contributed by atoms with van der Waals surface area (Å²) >= 11 is 0. The maximum Gasteiger partial charge on any atom is 0.187 e. The van der Waals surface area contributed by atoms with Gasteiger partial charge in [-0.15, -0.1) is 0 Å². The molecule has 2 saturated heterocycles. The predicted molar refractivity (Wildman–Crippen MR) is 107 cm³/mol. The average molecular weight is 455 g/mol. The lowest BCUT2D eigenvalue weighted by atomic mass is 9.97. The van der Waals surface area contributed by atoms with E-state index in [1.165, 1.54) is 0 Å². The van der Waals surface area contributed by atoms with Crippen LogP contribution in [0, 0.1) is 0 Å². The van der Waals surface area contributed by atoms with E-state index in [1.54, 1.807) is 56.9 Å². The van der Waals surface area contributed by atoms with Gasteiger partial charge in [-0.25, -0.2) is 0 Å². The van der Waals surface area contributed by atoms with Crippen molar-refractivity contribution in [3.8, 4) is 0 Å². The molecule has 0 saturated carbocycles. The van der Waals surface area contributed by atoms with Crippen LogP contribution in [0.5, 0.6) is 0 Å². The highest BCUT2D eigenvalue weighted by molar-refractivity contribution is 4.94. The second kappa shape index (κ2) is 13.3. The molecule has 2 rings (SSSR count). The Kier molecular flexibility index (Phi) is 11.5. The van der Waals surface area contributed by atoms with Crippen molar-refractivity contribution in [2.45, 2.75) is 61.4 Å². The van der Waals surface area contributed by atoms with Crippen LogP contribution in [0.1, 0.15) is 0 Å². The van der Waals surface area contributed by atoms with Crippen LogP contribution < -0.4 is 0 Å². The number of ether oxygens (including phenoxy) is 11. The van der Waals surface area contributed by atoms with E-state index in [2.05, 4.69) is 0 Å². The molecular formula is C20H38O11. The van der Waals surface area contributed by atoms with E-state index in [1.807, 2.05) is 0 Å². The normalized spacial score (nSPS) is 41.4. The van der Waals surface area contributed by atoms with E-state index < -0.39 is 55.3 Å². The quantitative estimate of drug-likeness (QED) is 0.393. The third-order valence-corrected chi connectivity index (χ3v) is 5.80. The van der Waals surface area contributed by atoms with Crippen molar-refractivity contribution in [2.75, 3.05) is 70.1 Å². The molecular weight excluding hydrogens is 416 g/mol. The maximum atomic E-state index is 6.12. The lowest BCUT2D eigenvalue weighted by Gasteiger charge is -2.46. The van der Waals surface area contributed by atoms with Gasteiger partial charge in [0, 0.05) is 56.9 Å². The van der Waals surface area contributed by atoms with E-state index in [0.29, 0.717) is 6.61 Å². The lowest BCUT2D eigenvalue weighted by molar-refractivity contribution is -0.338. The molecule has 11 nitrogen and oxygen atoms in total. The summed E-state index contributed by atoms with van der Waals surface area (Å²) in [5.74, 6) is 0. The van der Waals surface area contributed by atoms with Crippen molar-refractivity contribution in [3.05, 3.63) is 0 Å². The highest BCUT2D eigenvalue weighted by Crippen LogP contribution is 2.31. The first-order valence-electron chi connectivity index (χ1n) is 10.2. The third kappa shape index (κ3) is 5.92. The topological polar surface area (TPSA) is 102 Å². The van der Waals surface area contributed by atoms with E-state index >= 15 is 0 Å². The van der Waals surface area contributed by atoms with Crippen LogP contribution in [0.4, 0.5) is 0 Å². The fraction of sp³-hybridized carbons (Fsp3) is 1.00. The van der Waals surface area contributed by atoms with Crippen molar-refractivity contribution >= 4 is 0 Å². The number of hydrogen-bond donors (Lipinski definition) is 0. The Balaban J connectivity index is 2.15. The molecule has 184 valence electrons. The van der Waals surface area contributed by atoms with Crippen LogP contribution in [-0.4, -0.2) is 132 Å². The Labute approximate surface area is 184 Å². The summed E-state index contributed by atoms with van der Waals surface area (Å²) in [6.45, 7) is 0.440. The van der Waals surface area contributed by atoms with Crippen molar-refractivity contribution < 1.29 is 52.1 Å². The van der Waals surface area contributed by atoms with E-state index in [9.17, 15) is 0 Å². The number of hydrogen-bond acceptors (Lipinski definition) is 11. The Morgan fingerprint density at radius 1 is 0.452 bits per heavy atom. The summed E-state index contributed by atoms with van der Waals surface area (Å²) in [4.78, 5) is 0. The van der Waals surface area contributed by atoms with Crippen molar-refractivity contribution in [3.63, 3.8) is 0 Å². The van der Waals surface area contributed by atoms with Crippen LogP contribution in [0.3, 0.4) is 0 Å². The summed E-state index contributed by atoms with van der Waals surface area (Å²) in [5, 5.41) is 0. The first-order valence-corrected chi connectivity index (χ1v) is 10.2. The number of rotatable bonds is 12. The van der Waals surface area contributed by atoms with Crippen LogP contribution in [-0.2, 0) is 52.1 Å². The molecule has 0 aromatic heterocycles. The van der Waals surface area contributed by atoms with E-state index in [0.717, 1.165) is 0 Å². The molecule has 31 heavy (non-hydrogen) atoms. The minimum absolute atomic E-state index is 0.132. The van der Waals surface area contributed by atoms with Gasteiger partial charge in [-0.05, 0) is 0 Å². The van der Waals surface area contributed by atoms with Crippen LogP contribution >= 0.6 is 0 Å². The van der Waals surface area contributed by atoms with Gasteiger partial charge in [0.1, 0.15) is 48.8 Å². The SMILES string of the molecule is COC[C@H]1O[C@H](OC[C@H]2OC(OC)[C@H](OC)[C@@H](OC)[C@@H]2OC)[C@H](OC)[C@@H](OC)[C@@H]1OC. The van der Waals surface area contributed by atoms with E-state index in [4.69, 9.17) is 52.1 Å². The summed E-state index contributed by atoms with van der Waals surface area (Å²) in [7, 11) is 12.6. The summed E-state index contributed by atoms with van der Waals surface area (Å²) < 4.78 is 62.7. The van der Waals surface area contributed by atoms with Crippen LogP contribution in [0.25, 0.3) is 0 Å². The zero-order chi connectivity index (χ0) is 23.0. The molecule has 0 aliphatic carbocycles. The second-order valence-corrected chi connectivity index (χ2v) is 7.31. The van der Waals surface area contributed by atoms with Gasteiger partial charge < -0.3 is 52.1 Å². The third-order valence-electron chi connectivity index (χ3n) is 5.80. The molecule has 2 aliphatic heterocycles. The average Bonchev–Trinajstić information content (AvgIpc) is 2.80. The largest absolute Gasteiger partial charge is 0.382 e. The van der Waals surface area contributed by atoms with Gasteiger partial charge in [0.25, 0.3) is 0 Å². The smallest absolute Gasteiger partial charge is 0.187 e. The van der Waals surface area contributed by atoms with Crippen molar-refractivity contribution in [2.24, 2.45) is 0 Å². The molecule has 0 amide bonds. The van der Waals surface area contributed by atoms with Crippen LogP contribution in [0.2, 0.25) is 0 Å². The molecule has 0 aromatic carbocycles. The lowest BCUT2D eigenvalue weighted by Crippen LogP contribution is -2.63. The minimum Gasteiger partial charge on any atom is -0.382 e. The van der Waals surface area contributed by atoms with Gasteiger partial charge in [0.2, 0.25) is 0 Å². The standard InChI is InChI=1S/C20H38O11/c1-21-9-11-13(22-2)16(25-5)18(27-7)20(31-11)29-10-12-14(23-3)15(24-4)17(26-6)19(28-8)30-12/h11-20H,9-10H2,1-8H3/t11-,12-,13-,14-,15+,16+,17-,18-,19?,20+/m1/s1. The fourth-order valence-corrected chi connectivity index (χ4v) is 4.31. The Hall–Kier alpha value is -0.440. The number of methoxy groups -OCH3 is 8. The van der Waals surface area contributed by atoms with Gasteiger partial charge in [0.05, 0.1) is 13.2 Å². The molecule has 1 unspecified atom stereocenters. The van der Waals surface area contributed by atoms with Crippen molar-refractivity contribution in [1.82, 2.24) is 0 Å².